The quantitative estimate of drug-likeness (QED) is 0.289. The molecule has 4 heterocycles. The number of thiazole rings is 1. The molecule has 5 rings (SSSR count). The molecule has 38 heavy (non-hydrogen) atoms. The van der Waals surface area contributed by atoms with Crippen LogP contribution in [0.4, 0.5) is 0 Å². The van der Waals surface area contributed by atoms with Crippen molar-refractivity contribution in [3.63, 3.8) is 0 Å². The molecular weight excluding hydrogens is 526 g/mol. The van der Waals surface area contributed by atoms with E-state index in [1.54, 1.807) is 66.2 Å². The first-order valence-electron chi connectivity index (χ1n) is 11.5. The Bertz CT molecular complexity index is 1750. The highest BCUT2D eigenvalue weighted by Gasteiger charge is 2.19. The maximum Gasteiger partial charge on any atom is 0.340 e. The summed E-state index contributed by atoms with van der Waals surface area (Å²) in [6.45, 7) is 4.18. The molecule has 192 valence electrons. The van der Waals surface area contributed by atoms with Crippen molar-refractivity contribution < 1.29 is 9.47 Å². The first kappa shape index (κ1) is 25.4. The Morgan fingerprint density at radius 1 is 1.03 bits per heavy atom. The minimum absolute atomic E-state index is 0.205. The van der Waals surface area contributed by atoms with Gasteiger partial charge in [-0.05, 0) is 50.2 Å². The molecule has 0 aliphatic heterocycles. The predicted molar refractivity (Wildman–Crippen MR) is 146 cm³/mol. The van der Waals surface area contributed by atoms with Gasteiger partial charge in [0.05, 0.1) is 51.4 Å². The normalized spacial score (nSPS) is 10.9. The topological polar surface area (TPSA) is 101 Å². The molecular formula is C27H22ClN5O4S. The average Bonchev–Trinajstić information content (AvgIpc) is 3.24. The third-order valence-corrected chi connectivity index (χ3v) is 7.02. The van der Waals surface area contributed by atoms with Crippen molar-refractivity contribution in [2.75, 3.05) is 7.11 Å². The number of aryl methyl sites for hydroxylation is 2. The number of hydrogen-bond donors (Lipinski definition) is 0. The van der Waals surface area contributed by atoms with E-state index in [0.29, 0.717) is 34.3 Å². The monoisotopic (exact) mass is 547 g/mol. The van der Waals surface area contributed by atoms with E-state index in [9.17, 15) is 9.59 Å². The van der Waals surface area contributed by atoms with Crippen LogP contribution in [0, 0.1) is 13.8 Å². The van der Waals surface area contributed by atoms with Crippen LogP contribution >= 0.6 is 22.9 Å². The number of methoxy groups -OCH3 is 1. The minimum atomic E-state index is -0.600. The third kappa shape index (κ3) is 4.96. The van der Waals surface area contributed by atoms with Gasteiger partial charge in [-0.15, -0.1) is 11.3 Å². The van der Waals surface area contributed by atoms with Gasteiger partial charge in [0.1, 0.15) is 12.4 Å². The summed E-state index contributed by atoms with van der Waals surface area (Å²) in [5.74, 6) is 0.711. The third-order valence-electron chi connectivity index (χ3n) is 5.75. The van der Waals surface area contributed by atoms with E-state index in [1.807, 2.05) is 13.8 Å². The fraction of sp³-hybridized carbons (Fsp3) is 0.148. The molecule has 0 spiro atoms. The number of halogens is 1. The van der Waals surface area contributed by atoms with Crippen LogP contribution in [0.25, 0.3) is 22.5 Å². The van der Waals surface area contributed by atoms with Gasteiger partial charge in [0, 0.05) is 29.7 Å². The molecule has 0 N–H and O–H groups in total. The van der Waals surface area contributed by atoms with E-state index in [1.165, 1.54) is 24.1 Å². The van der Waals surface area contributed by atoms with E-state index in [0.717, 1.165) is 20.1 Å². The van der Waals surface area contributed by atoms with E-state index in [2.05, 4.69) is 15.0 Å². The fourth-order valence-electron chi connectivity index (χ4n) is 4.02. The molecule has 0 fully saturated rings. The Hall–Kier alpha value is -4.28. The molecule has 0 saturated heterocycles. The SMILES string of the molecule is COc1ncccc1-c1cn(-c2cc(Cl)cc(OCc3sc(C)nc3C)c2)c(=O)n(-c2cccnc2)c1=O. The summed E-state index contributed by atoms with van der Waals surface area (Å²) >= 11 is 8.01. The van der Waals surface area contributed by atoms with Gasteiger partial charge >= 0.3 is 5.69 Å². The largest absolute Gasteiger partial charge is 0.488 e. The van der Waals surface area contributed by atoms with Gasteiger partial charge in [0.15, 0.2) is 0 Å². The smallest absolute Gasteiger partial charge is 0.340 e. The summed E-state index contributed by atoms with van der Waals surface area (Å²) in [7, 11) is 1.47. The lowest BCUT2D eigenvalue weighted by Gasteiger charge is -2.15. The van der Waals surface area contributed by atoms with Crippen LogP contribution in [0.1, 0.15) is 15.6 Å². The predicted octanol–water partition coefficient (Wildman–Crippen LogP) is 4.76. The lowest BCUT2D eigenvalue weighted by atomic mass is 10.1. The maximum atomic E-state index is 13.7. The summed E-state index contributed by atoms with van der Waals surface area (Å²) in [4.78, 5) is 41.1. The van der Waals surface area contributed by atoms with Gasteiger partial charge < -0.3 is 9.47 Å². The zero-order valence-corrected chi connectivity index (χ0v) is 22.3. The van der Waals surface area contributed by atoms with Crippen LogP contribution in [0.2, 0.25) is 5.02 Å². The van der Waals surface area contributed by atoms with Crippen molar-refractivity contribution >= 4 is 22.9 Å². The van der Waals surface area contributed by atoms with E-state index in [-0.39, 0.29) is 11.4 Å². The number of hydrogen-bond acceptors (Lipinski definition) is 8. The Kier molecular flexibility index (Phi) is 7.08. The highest BCUT2D eigenvalue weighted by atomic mass is 35.5. The summed E-state index contributed by atoms with van der Waals surface area (Å²) in [5, 5.41) is 1.32. The van der Waals surface area contributed by atoms with Crippen LogP contribution < -0.4 is 20.7 Å². The molecule has 0 atom stereocenters. The molecule has 5 aromatic rings. The molecule has 0 aliphatic carbocycles. The number of nitrogens with zero attached hydrogens (tertiary/aromatic N) is 5. The molecule has 1 aromatic carbocycles. The second kappa shape index (κ2) is 10.6. The lowest BCUT2D eigenvalue weighted by molar-refractivity contribution is 0.308. The zero-order valence-electron chi connectivity index (χ0n) is 20.7. The highest BCUT2D eigenvalue weighted by Crippen LogP contribution is 2.28. The first-order chi connectivity index (χ1) is 18.4. The van der Waals surface area contributed by atoms with E-state index < -0.39 is 11.2 Å². The van der Waals surface area contributed by atoms with Crippen LogP contribution in [0.3, 0.4) is 0 Å². The summed E-state index contributed by atoms with van der Waals surface area (Å²) in [5.41, 5.74) is 1.13. The molecule has 0 amide bonds. The van der Waals surface area contributed by atoms with Crippen LogP contribution in [-0.2, 0) is 6.61 Å². The van der Waals surface area contributed by atoms with Crippen molar-refractivity contribution in [1.82, 2.24) is 24.1 Å². The van der Waals surface area contributed by atoms with Crippen molar-refractivity contribution in [2.45, 2.75) is 20.5 Å². The summed E-state index contributed by atoms with van der Waals surface area (Å²) in [6.07, 6.45) is 6.03. The molecule has 4 aromatic heterocycles. The number of rotatable bonds is 7. The fourth-order valence-corrected chi connectivity index (χ4v) is 5.09. The van der Waals surface area contributed by atoms with Crippen LogP contribution in [0.5, 0.6) is 11.6 Å². The Labute approximate surface area is 226 Å². The van der Waals surface area contributed by atoms with Crippen molar-refractivity contribution in [3.05, 3.63) is 109 Å². The molecule has 11 heteroatoms. The molecule has 0 radical (unpaired) electrons. The number of pyridine rings is 2. The van der Waals surface area contributed by atoms with Gasteiger partial charge in [-0.2, -0.15) is 0 Å². The van der Waals surface area contributed by atoms with Crippen LogP contribution in [-0.4, -0.2) is 31.2 Å². The maximum absolute atomic E-state index is 13.7. The van der Waals surface area contributed by atoms with Gasteiger partial charge in [-0.25, -0.2) is 19.3 Å². The number of ether oxygens (including phenoxy) is 2. The Balaban J connectivity index is 1.68. The molecule has 0 bridgehead atoms. The first-order valence-corrected chi connectivity index (χ1v) is 12.7. The molecule has 9 nitrogen and oxygen atoms in total. The average molecular weight is 548 g/mol. The second-order valence-electron chi connectivity index (χ2n) is 8.28. The Morgan fingerprint density at radius 2 is 1.84 bits per heavy atom. The molecule has 0 unspecified atom stereocenters. The highest BCUT2D eigenvalue weighted by molar-refractivity contribution is 7.11. The summed E-state index contributed by atoms with van der Waals surface area (Å²) < 4.78 is 13.8. The Morgan fingerprint density at radius 3 is 2.55 bits per heavy atom. The van der Waals surface area contributed by atoms with E-state index >= 15 is 0 Å². The second-order valence-corrected chi connectivity index (χ2v) is 10.0. The van der Waals surface area contributed by atoms with Gasteiger partial charge in [-0.1, -0.05) is 11.6 Å². The van der Waals surface area contributed by atoms with Gasteiger partial charge in [0.25, 0.3) is 5.56 Å². The van der Waals surface area contributed by atoms with Crippen molar-refractivity contribution in [1.29, 1.82) is 0 Å². The van der Waals surface area contributed by atoms with Crippen molar-refractivity contribution in [2.24, 2.45) is 0 Å². The van der Waals surface area contributed by atoms with Crippen molar-refractivity contribution in [3.8, 4) is 34.1 Å². The van der Waals surface area contributed by atoms with Gasteiger partial charge in [-0.3, -0.25) is 14.3 Å². The van der Waals surface area contributed by atoms with Gasteiger partial charge in [0.2, 0.25) is 5.88 Å². The number of benzene rings is 1. The van der Waals surface area contributed by atoms with Crippen LogP contribution in [0.15, 0.2) is 76.8 Å². The standard InChI is InChI=1S/C27H22ClN5O4S/c1-16-24(38-17(2)31-16)15-37-21-11-18(28)10-20(12-21)32-14-23(22-7-5-9-30-25(22)36-3)26(34)33(27(32)35)19-6-4-8-29-13-19/h4-14H,15H2,1-3H3. The number of aromatic nitrogens is 5. The summed E-state index contributed by atoms with van der Waals surface area (Å²) in [6, 6.07) is 11.7. The minimum Gasteiger partial charge on any atom is -0.488 e. The van der Waals surface area contributed by atoms with E-state index in [4.69, 9.17) is 21.1 Å². The molecule has 0 saturated carbocycles. The zero-order chi connectivity index (χ0) is 26.8. The molecule has 0 aliphatic rings. The lowest BCUT2D eigenvalue weighted by Crippen LogP contribution is -2.38.